The number of hydrogen-bond donors (Lipinski definition) is 3. The van der Waals surface area contributed by atoms with E-state index in [1.807, 2.05) is 0 Å². The van der Waals surface area contributed by atoms with Gasteiger partial charge in [0.2, 0.25) is 0 Å². The van der Waals surface area contributed by atoms with E-state index in [2.05, 4.69) is 15.7 Å². The van der Waals surface area contributed by atoms with Gasteiger partial charge in [0.25, 0.3) is 5.91 Å². The first-order valence-corrected chi connectivity index (χ1v) is 4.17. The molecule has 1 aromatic carbocycles. The van der Waals surface area contributed by atoms with Crippen LogP contribution >= 0.6 is 0 Å². The molecule has 74 valence electrons. The fraction of sp³-hybridized carbons (Fsp3) is 0.222. The van der Waals surface area contributed by atoms with Gasteiger partial charge in [-0.05, 0) is 24.3 Å². The van der Waals surface area contributed by atoms with Gasteiger partial charge in [-0.2, -0.15) is 5.11 Å². The predicted octanol–water partition coefficient (Wildman–Crippen LogP) is 1.45. The fourth-order valence-corrected chi connectivity index (χ4v) is 1.01. The highest BCUT2D eigenvalue weighted by molar-refractivity contribution is 5.94. The Morgan fingerprint density at radius 1 is 1.43 bits per heavy atom. The molecule has 0 atom stereocenters. The molecule has 14 heavy (non-hydrogen) atoms. The molecule has 0 unspecified atom stereocenters. The summed E-state index contributed by atoms with van der Waals surface area (Å²) >= 11 is 0. The van der Waals surface area contributed by atoms with Gasteiger partial charge in [-0.15, -0.1) is 0 Å². The molecule has 0 radical (unpaired) electrons. The summed E-state index contributed by atoms with van der Waals surface area (Å²) in [6, 6.07) is 6.97. The van der Waals surface area contributed by atoms with Gasteiger partial charge < -0.3 is 10.6 Å². The SMILES string of the molecule is CNC(=O)c1ccc(NCN=N)cc1. The Balaban J connectivity index is 2.68. The van der Waals surface area contributed by atoms with E-state index in [-0.39, 0.29) is 12.6 Å². The van der Waals surface area contributed by atoms with Crippen LogP contribution in [0.2, 0.25) is 0 Å². The lowest BCUT2D eigenvalue weighted by Crippen LogP contribution is -2.17. The van der Waals surface area contributed by atoms with Crippen molar-refractivity contribution < 1.29 is 4.79 Å². The summed E-state index contributed by atoms with van der Waals surface area (Å²) in [7, 11) is 1.59. The molecule has 0 saturated heterocycles. The molecule has 3 N–H and O–H groups in total. The van der Waals surface area contributed by atoms with E-state index in [4.69, 9.17) is 5.53 Å². The van der Waals surface area contributed by atoms with Crippen LogP contribution < -0.4 is 10.6 Å². The number of carbonyl (C=O) groups is 1. The highest BCUT2D eigenvalue weighted by Crippen LogP contribution is 2.08. The Bertz CT molecular complexity index is 320. The molecule has 0 spiro atoms. The third kappa shape index (κ3) is 2.55. The molecule has 0 heterocycles. The summed E-state index contributed by atoms with van der Waals surface area (Å²) in [4.78, 5) is 11.2. The van der Waals surface area contributed by atoms with Crippen molar-refractivity contribution in [3.63, 3.8) is 0 Å². The lowest BCUT2D eigenvalue weighted by molar-refractivity contribution is 0.0963. The molecule has 1 amide bonds. The second kappa shape index (κ2) is 4.96. The lowest BCUT2D eigenvalue weighted by Gasteiger charge is -2.03. The van der Waals surface area contributed by atoms with Crippen molar-refractivity contribution >= 4 is 11.6 Å². The molecule has 1 aromatic rings. The van der Waals surface area contributed by atoms with Gasteiger partial charge in [0, 0.05) is 18.3 Å². The minimum absolute atomic E-state index is 0.110. The molecular formula is C9H12N4O. The van der Waals surface area contributed by atoms with E-state index in [0.717, 1.165) is 5.69 Å². The molecule has 0 aliphatic carbocycles. The van der Waals surface area contributed by atoms with Crippen LogP contribution in [0.1, 0.15) is 10.4 Å². The standard InChI is InChI=1S/C9H12N4O/c1-11-9(14)7-2-4-8(5-3-7)12-6-13-10/h2-5,10,12H,6H2,1H3,(H,11,14). The van der Waals surface area contributed by atoms with Crippen molar-refractivity contribution in [2.24, 2.45) is 5.11 Å². The highest BCUT2D eigenvalue weighted by Gasteiger charge is 2.01. The Hall–Kier alpha value is -1.91. The topological polar surface area (TPSA) is 77.3 Å². The summed E-state index contributed by atoms with van der Waals surface area (Å²) in [6.45, 7) is 0.249. The number of nitrogens with one attached hydrogen (secondary N) is 3. The zero-order valence-electron chi connectivity index (χ0n) is 7.87. The van der Waals surface area contributed by atoms with Gasteiger partial charge in [0.15, 0.2) is 0 Å². The second-order valence-corrected chi connectivity index (χ2v) is 2.65. The number of benzene rings is 1. The summed E-state index contributed by atoms with van der Waals surface area (Å²) in [6.07, 6.45) is 0. The molecule has 0 fully saturated rings. The van der Waals surface area contributed by atoms with Gasteiger partial charge >= 0.3 is 0 Å². The molecule has 0 saturated carbocycles. The van der Waals surface area contributed by atoms with Gasteiger partial charge in [0.05, 0.1) is 0 Å². The fourth-order valence-electron chi connectivity index (χ4n) is 1.01. The zero-order chi connectivity index (χ0) is 10.4. The van der Waals surface area contributed by atoms with E-state index >= 15 is 0 Å². The molecule has 0 bridgehead atoms. The first kappa shape index (κ1) is 10.2. The maximum atomic E-state index is 11.2. The average molecular weight is 192 g/mol. The van der Waals surface area contributed by atoms with E-state index in [9.17, 15) is 4.79 Å². The Morgan fingerprint density at radius 2 is 2.07 bits per heavy atom. The largest absolute Gasteiger partial charge is 0.365 e. The summed E-state index contributed by atoms with van der Waals surface area (Å²) < 4.78 is 0. The summed E-state index contributed by atoms with van der Waals surface area (Å²) in [5, 5.41) is 8.59. The minimum Gasteiger partial charge on any atom is -0.365 e. The molecule has 0 aliphatic heterocycles. The number of amides is 1. The first-order valence-electron chi connectivity index (χ1n) is 4.17. The predicted molar refractivity (Wildman–Crippen MR) is 53.5 cm³/mol. The first-order chi connectivity index (χ1) is 6.77. The normalized spacial score (nSPS) is 9.21. The average Bonchev–Trinajstić information content (AvgIpc) is 2.26. The number of nitrogens with zero attached hydrogens (tertiary/aromatic N) is 1. The molecule has 0 aromatic heterocycles. The van der Waals surface area contributed by atoms with E-state index < -0.39 is 0 Å². The highest BCUT2D eigenvalue weighted by atomic mass is 16.1. The molecule has 0 aliphatic rings. The summed E-state index contributed by atoms with van der Waals surface area (Å²) in [5.41, 5.74) is 8.04. The number of hydrogen-bond acceptors (Lipinski definition) is 4. The van der Waals surface area contributed by atoms with Crippen LogP contribution in [0.3, 0.4) is 0 Å². The monoisotopic (exact) mass is 192 g/mol. The quantitative estimate of drug-likeness (QED) is 0.631. The van der Waals surface area contributed by atoms with Gasteiger partial charge in [-0.25, -0.2) is 5.53 Å². The van der Waals surface area contributed by atoms with Gasteiger partial charge in [0.1, 0.15) is 6.67 Å². The zero-order valence-corrected chi connectivity index (χ0v) is 7.87. The number of anilines is 1. The van der Waals surface area contributed by atoms with E-state index in [1.165, 1.54) is 0 Å². The Kier molecular flexibility index (Phi) is 3.60. The van der Waals surface area contributed by atoms with E-state index in [1.54, 1.807) is 31.3 Å². The molecule has 5 heteroatoms. The van der Waals surface area contributed by atoms with Crippen LogP contribution in [0.15, 0.2) is 29.4 Å². The number of rotatable bonds is 4. The van der Waals surface area contributed by atoms with Crippen molar-refractivity contribution in [3.05, 3.63) is 29.8 Å². The minimum atomic E-state index is -0.110. The van der Waals surface area contributed by atoms with Gasteiger partial charge in [-0.1, -0.05) is 0 Å². The number of carbonyl (C=O) groups excluding carboxylic acids is 1. The Morgan fingerprint density at radius 3 is 2.57 bits per heavy atom. The van der Waals surface area contributed by atoms with Crippen molar-refractivity contribution in [2.75, 3.05) is 19.0 Å². The van der Waals surface area contributed by atoms with Crippen molar-refractivity contribution in [1.82, 2.24) is 5.32 Å². The van der Waals surface area contributed by atoms with Crippen LogP contribution in [0.5, 0.6) is 0 Å². The maximum absolute atomic E-state index is 11.2. The third-order valence-electron chi connectivity index (χ3n) is 1.74. The Labute approximate surface area is 82.0 Å². The molecule has 1 rings (SSSR count). The molecule has 5 nitrogen and oxygen atoms in total. The second-order valence-electron chi connectivity index (χ2n) is 2.65. The van der Waals surface area contributed by atoms with Crippen LogP contribution in [0, 0.1) is 5.53 Å². The van der Waals surface area contributed by atoms with Crippen LogP contribution in [-0.2, 0) is 0 Å². The van der Waals surface area contributed by atoms with Crippen molar-refractivity contribution in [3.8, 4) is 0 Å². The van der Waals surface area contributed by atoms with Crippen LogP contribution in [0.4, 0.5) is 5.69 Å². The van der Waals surface area contributed by atoms with Crippen molar-refractivity contribution in [1.29, 1.82) is 5.53 Å². The van der Waals surface area contributed by atoms with Crippen LogP contribution in [0.25, 0.3) is 0 Å². The lowest BCUT2D eigenvalue weighted by atomic mass is 10.2. The summed E-state index contributed by atoms with van der Waals surface area (Å²) in [5.74, 6) is -0.110. The maximum Gasteiger partial charge on any atom is 0.251 e. The third-order valence-corrected chi connectivity index (χ3v) is 1.74. The molecular weight excluding hydrogens is 180 g/mol. The van der Waals surface area contributed by atoms with E-state index in [0.29, 0.717) is 5.56 Å². The smallest absolute Gasteiger partial charge is 0.251 e. The van der Waals surface area contributed by atoms with Crippen molar-refractivity contribution in [2.45, 2.75) is 0 Å². The van der Waals surface area contributed by atoms with Gasteiger partial charge in [-0.3, -0.25) is 4.79 Å². The van der Waals surface area contributed by atoms with Crippen LogP contribution in [-0.4, -0.2) is 19.6 Å².